The van der Waals surface area contributed by atoms with Crippen molar-refractivity contribution in [1.29, 1.82) is 0 Å². The van der Waals surface area contributed by atoms with Crippen molar-refractivity contribution in [3.8, 4) is 0 Å². The van der Waals surface area contributed by atoms with E-state index in [1.165, 1.54) is 4.88 Å². The summed E-state index contributed by atoms with van der Waals surface area (Å²) in [6.45, 7) is 2.04. The molecule has 1 aromatic heterocycles. The average molecular weight is 235 g/mol. The molecular formula is C13H17NOS. The number of allylic oxidation sites excluding steroid dienone is 2. The van der Waals surface area contributed by atoms with Gasteiger partial charge in [-0.25, -0.2) is 0 Å². The first-order chi connectivity index (χ1) is 7.75. The Morgan fingerprint density at radius 1 is 1.69 bits per heavy atom. The third-order valence-electron chi connectivity index (χ3n) is 2.91. The smallest absolute Gasteiger partial charge is 0.221 e. The molecule has 0 bridgehead atoms. The van der Waals surface area contributed by atoms with Crippen LogP contribution in [0, 0.1) is 5.92 Å². The van der Waals surface area contributed by atoms with Crippen molar-refractivity contribution in [2.75, 3.05) is 0 Å². The summed E-state index contributed by atoms with van der Waals surface area (Å²) in [7, 11) is 0. The number of thiophene rings is 1. The van der Waals surface area contributed by atoms with Gasteiger partial charge in [0, 0.05) is 11.3 Å². The van der Waals surface area contributed by atoms with Crippen LogP contribution in [-0.2, 0) is 4.79 Å². The standard InChI is InChI=1S/C13H17NOS/c1-10(12-7-4-8-16-12)14-13(15)9-11-5-2-3-6-11/h2,4-5,7-8,10-11H,3,6,9H2,1H3,(H,14,15)/t10-,11-/m0/s1. The number of rotatable bonds is 4. The summed E-state index contributed by atoms with van der Waals surface area (Å²) < 4.78 is 0. The van der Waals surface area contributed by atoms with E-state index in [2.05, 4.69) is 23.5 Å². The number of carbonyl (C=O) groups is 1. The Bertz CT molecular complexity index is 369. The minimum absolute atomic E-state index is 0.137. The van der Waals surface area contributed by atoms with Gasteiger partial charge in [-0.05, 0) is 37.1 Å². The summed E-state index contributed by atoms with van der Waals surface area (Å²) in [5, 5.41) is 5.09. The molecule has 1 aromatic rings. The maximum atomic E-state index is 11.8. The zero-order valence-corrected chi connectivity index (χ0v) is 10.3. The first-order valence-corrected chi connectivity index (χ1v) is 6.63. The van der Waals surface area contributed by atoms with Crippen molar-refractivity contribution in [3.63, 3.8) is 0 Å². The number of hydrogen-bond donors (Lipinski definition) is 1. The molecular weight excluding hydrogens is 218 g/mol. The molecule has 1 aliphatic rings. The van der Waals surface area contributed by atoms with E-state index >= 15 is 0 Å². The molecule has 0 saturated heterocycles. The van der Waals surface area contributed by atoms with Gasteiger partial charge in [0.15, 0.2) is 0 Å². The van der Waals surface area contributed by atoms with Crippen molar-refractivity contribution in [2.45, 2.75) is 32.2 Å². The van der Waals surface area contributed by atoms with Crippen LogP contribution in [0.4, 0.5) is 0 Å². The van der Waals surface area contributed by atoms with Crippen molar-refractivity contribution in [3.05, 3.63) is 34.5 Å². The molecule has 1 amide bonds. The summed E-state index contributed by atoms with van der Waals surface area (Å²) in [4.78, 5) is 13.0. The Hall–Kier alpha value is -1.09. The molecule has 3 heteroatoms. The van der Waals surface area contributed by atoms with Crippen molar-refractivity contribution >= 4 is 17.2 Å². The largest absolute Gasteiger partial charge is 0.349 e. The van der Waals surface area contributed by atoms with E-state index in [4.69, 9.17) is 0 Å². The Morgan fingerprint density at radius 2 is 2.56 bits per heavy atom. The topological polar surface area (TPSA) is 29.1 Å². The Morgan fingerprint density at radius 3 is 3.19 bits per heavy atom. The normalized spacial score (nSPS) is 20.9. The molecule has 0 radical (unpaired) electrons. The van der Waals surface area contributed by atoms with Crippen molar-refractivity contribution < 1.29 is 4.79 Å². The van der Waals surface area contributed by atoms with Crippen molar-refractivity contribution in [1.82, 2.24) is 5.32 Å². The molecule has 2 nitrogen and oxygen atoms in total. The Kier molecular flexibility index (Phi) is 3.78. The predicted molar refractivity (Wildman–Crippen MR) is 67.4 cm³/mol. The summed E-state index contributed by atoms with van der Waals surface area (Å²) >= 11 is 1.69. The lowest BCUT2D eigenvalue weighted by molar-refractivity contribution is -0.122. The number of amides is 1. The van der Waals surface area contributed by atoms with Gasteiger partial charge in [0.25, 0.3) is 0 Å². The number of hydrogen-bond acceptors (Lipinski definition) is 2. The number of carbonyl (C=O) groups excluding carboxylic acids is 1. The zero-order chi connectivity index (χ0) is 11.4. The summed E-state index contributed by atoms with van der Waals surface area (Å²) in [5.41, 5.74) is 0. The fourth-order valence-electron chi connectivity index (χ4n) is 2.01. The van der Waals surface area contributed by atoms with E-state index < -0.39 is 0 Å². The van der Waals surface area contributed by atoms with Crippen LogP contribution in [-0.4, -0.2) is 5.91 Å². The Balaban J connectivity index is 1.80. The minimum Gasteiger partial charge on any atom is -0.349 e. The second-order valence-electron chi connectivity index (χ2n) is 4.27. The molecule has 0 aliphatic heterocycles. The second-order valence-corrected chi connectivity index (χ2v) is 5.25. The van der Waals surface area contributed by atoms with E-state index in [1.54, 1.807) is 11.3 Å². The van der Waals surface area contributed by atoms with Gasteiger partial charge in [-0.3, -0.25) is 4.79 Å². The summed E-state index contributed by atoms with van der Waals surface area (Å²) in [6, 6.07) is 4.21. The maximum absolute atomic E-state index is 11.8. The van der Waals surface area contributed by atoms with Crippen molar-refractivity contribution in [2.24, 2.45) is 5.92 Å². The Labute approximate surface area is 100 Å². The molecule has 0 fully saturated rings. The molecule has 1 aliphatic carbocycles. The van der Waals surface area contributed by atoms with Gasteiger partial charge in [0.1, 0.15) is 0 Å². The highest BCUT2D eigenvalue weighted by Gasteiger charge is 2.16. The molecule has 1 N–H and O–H groups in total. The van der Waals surface area contributed by atoms with Crippen LogP contribution in [0.25, 0.3) is 0 Å². The van der Waals surface area contributed by atoms with E-state index in [9.17, 15) is 4.79 Å². The summed E-state index contributed by atoms with van der Waals surface area (Å²) in [5.74, 6) is 0.619. The highest BCUT2D eigenvalue weighted by molar-refractivity contribution is 7.10. The lowest BCUT2D eigenvalue weighted by atomic mass is 10.0. The second kappa shape index (κ2) is 5.30. The first kappa shape index (κ1) is 11.4. The van der Waals surface area contributed by atoms with Gasteiger partial charge in [-0.2, -0.15) is 0 Å². The van der Waals surface area contributed by atoms with Crippen LogP contribution < -0.4 is 5.32 Å². The fourth-order valence-corrected chi connectivity index (χ4v) is 2.75. The van der Waals surface area contributed by atoms with E-state index in [0.29, 0.717) is 12.3 Å². The van der Waals surface area contributed by atoms with Crippen LogP contribution in [0.2, 0.25) is 0 Å². The minimum atomic E-state index is 0.137. The highest BCUT2D eigenvalue weighted by Crippen LogP contribution is 2.22. The maximum Gasteiger partial charge on any atom is 0.221 e. The SMILES string of the molecule is C[C@H](NC(=O)C[C@H]1C=CCC1)c1cccs1. The van der Waals surface area contributed by atoms with Crippen LogP contribution in [0.15, 0.2) is 29.7 Å². The first-order valence-electron chi connectivity index (χ1n) is 5.75. The molecule has 0 unspecified atom stereocenters. The quantitative estimate of drug-likeness (QED) is 0.797. The molecule has 86 valence electrons. The molecule has 0 aromatic carbocycles. The number of nitrogens with one attached hydrogen (secondary N) is 1. The fraction of sp³-hybridized carbons (Fsp3) is 0.462. The van der Waals surface area contributed by atoms with Gasteiger partial charge in [0.05, 0.1) is 6.04 Å². The summed E-state index contributed by atoms with van der Waals surface area (Å²) in [6.07, 6.45) is 7.21. The molecule has 1 heterocycles. The average Bonchev–Trinajstić information content (AvgIpc) is 2.88. The van der Waals surface area contributed by atoms with Gasteiger partial charge < -0.3 is 5.32 Å². The molecule has 0 saturated carbocycles. The van der Waals surface area contributed by atoms with Gasteiger partial charge in [-0.15, -0.1) is 11.3 Å². The third-order valence-corrected chi connectivity index (χ3v) is 3.96. The van der Waals surface area contributed by atoms with Gasteiger partial charge in [0.2, 0.25) is 5.91 Å². The lowest BCUT2D eigenvalue weighted by Crippen LogP contribution is -2.27. The van der Waals surface area contributed by atoms with Crippen LogP contribution in [0.1, 0.15) is 37.1 Å². The van der Waals surface area contributed by atoms with E-state index in [0.717, 1.165) is 12.8 Å². The van der Waals surface area contributed by atoms with E-state index in [1.807, 2.05) is 18.4 Å². The molecule has 16 heavy (non-hydrogen) atoms. The van der Waals surface area contributed by atoms with Crippen LogP contribution >= 0.6 is 11.3 Å². The van der Waals surface area contributed by atoms with Crippen LogP contribution in [0.5, 0.6) is 0 Å². The highest BCUT2D eigenvalue weighted by atomic mass is 32.1. The van der Waals surface area contributed by atoms with Crippen LogP contribution in [0.3, 0.4) is 0 Å². The molecule has 2 atom stereocenters. The van der Waals surface area contributed by atoms with Gasteiger partial charge >= 0.3 is 0 Å². The lowest BCUT2D eigenvalue weighted by Gasteiger charge is -2.13. The third kappa shape index (κ3) is 2.95. The monoisotopic (exact) mass is 235 g/mol. The van der Waals surface area contributed by atoms with E-state index in [-0.39, 0.29) is 11.9 Å². The van der Waals surface area contributed by atoms with Gasteiger partial charge in [-0.1, -0.05) is 18.2 Å². The zero-order valence-electron chi connectivity index (χ0n) is 9.48. The predicted octanol–water partition coefficient (Wildman–Crippen LogP) is 3.28. The molecule has 0 spiro atoms. The molecule has 2 rings (SSSR count).